The fourth-order valence-electron chi connectivity index (χ4n) is 2.78. The van der Waals surface area contributed by atoms with Crippen LogP contribution in [0.15, 0.2) is 67.1 Å². The van der Waals surface area contributed by atoms with Crippen molar-refractivity contribution < 1.29 is 9.47 Å². The van der Waals surface area contributed by atoms with Crippen LogP contribution in [-0.4, -0.2) is 26.9 Å². The summed E-state index contributed by atoms with van der Waals surface area (Å²) in [5.41, 5.74) is 7.99. The van der Waals surface area contributed by atoms with Gasteiger partial charge < -0.3 is 20.2 Å². The van der Waals surface area contributed by atoms with Crippen molar-refractivity contribution in [2.45, 2.75) is 0 Å². The number of aromatic nitrogens is 3. The monoisotopic (exact) mass is 372 g/mol. The van der Waals surface area contributed by atoms with E-state index in [0.29, 0.717) is 22.9 Å². The molecule has 28 heavy (non-hydrogen) atoms. The molecule has 5 N–H and O–H groups in total. The molecule has 0 saturated heterocycles. The van der Waals surface area contributed by atoms with Crippen molar-refractivity contribution in [1.29, 1.82) is 10.8 Å². The first-order chi connectivity index (χ1) is 13.6. The lowest BCUT2D eigenvalue weighted by Gasteiger charge is -2.07. The van der Waals surface area contributed by atoms with Gasteiger partial charge in [-0.05, 0) is 30.3 Å². The lowest BCUT2D eigenvalue weighted by molar-refractivity contribution is 0.461. The van der Waals surface area contributed by atoms with Crippen LogP contribution in [0, 0.1) is 10.8 Å². The summed E-state index contributed by atoms with van der Waals surface area (Å²) in [6.45, 7) is 0. The molecule has 2 aromatic carbocycles. The number of rotatable bonds is 4. The lowest BCUT2D eigenvalue weighted by atomic mass is 10.1. The zero-order valence-electron chi connectivity index (χ0n) is 14.6. The summed E-state index contributed by atoms with van der Waals surface area (Å²) in [5, 5.41) is 15.9. The molecule has 0 bridgehead atoms. The average Bonchev–Trinajstić information content (AvgIpc) is 3.12. The summed E-state index contributed by atoms with van der Waals surface area (Å²) >= 11 is 0. The Labute approximate surface area is 160 Å². The third kappa shape index (κ3) is 3.51. The second-order valence-corrected chi connectivity index (χ2v) is 5.92. The van der Waals surface area contributed by atoms with Gasteiger partial charge in [0.05, 0.1) is 18.1 Å². The minimum Gasteiger partial charge on any atom is -0.437 e. The largest absolute Gasteiger partial charge is 0.437 e. The molecule has 2 heterocycles. The van der Waals surface area contributed by atoms with E-state index in [0.717, 1.165) is 16.5 Å². The fraction of sp³-hybridized carbons (Fsp3) is 0. The average molecular weight is 372 g/mol. The van der Waals surface area contributed by atoms with Gasteiger partial charge in [0.15, 0.2) is 0 Å². The van der Waals surface area contributed by atoms with E-state index in [2.05, 4.69) is 15.0 Å². The molecule has 4 aromatic rings. The second-order valence-electron chi connectivity index (χ2n) is 5.92. The highest BCUT2D eigenvalue weighted by Gasteiger charge is 2.12. The van der Waals surface area contributed by atoms with Crippen LogP contribution in [0.3, 0.4) is 0 Å². The van der Waals surface area contributed by atoms with E-state index in [4.69, 9.17) is 26.0 Å². The van der Waals surface area contributed by atoms with Gasteiger partial charge in [-0.3, -0.25) is 15.8 Å². The van der Waals surface area contributed by atoms with Gasteiger partial charge in [-0.25, -0.2) is 4.98 Å². The van der Waals surface area contributed by atoms with Crippen LogP contribution in [-0.2, 0) is 4.74 Å². The number of H-pyrrole nitrogens is 1. The van der Waals surface area contributed by atoms with Gasteiger partial charge >= 0.3 is 0 Å². The van der Waals surface area contributed by atoms with Crippen molar-refractivity contribution in [3.63, 3.8) is 0 Å². The molecule has 0 amide bonds. The van der Waals surface area contributed by atoms with E-state index in [9.17, 15) is 0 Å². The molecule has 2 aromatic heterocycles. The Morgan fingerprint density at radius 2 is 1.86 bits per heavy atom. The Hall–Kier alpha value is -4.20. The maximum Gasteiger partial charge on any atom is 0.285 e. The standard InChI is InChI=1S/C20H16N6O2/c21-19(28-20(22)23)12-6-7-16-14(8-12)15(9-25-16)17-10-24-11-18(26-17)27-13-4-2-1-3-5-13/h1-11,21,25H,(H3,22,23). The Morgan fingerprint density at radius 3 is 2.64 bits per heavy atom. The minimum atomic E-state index is -0.531. The number of nitrogens with one attached hydrogen (secondary N) is 3. The van der Waals surface area contributed by atoms with Gasteiger partial charge in [-0.1, -0.05) is 18.2 Å². The molecule has 0 fully saturated rings. The van der Waals surface area contributed by atoms with Crippen molar-refractivity contribution in [2.75, 3.05) is 0 Å². The lowest BCUT2D eigenvalue weighted by Crippen LogP contribution is -2.19. The Balaban J connectivity index is 1.70. The summed E-state index contributed by atoms with van der Waals surface area (Å²) in [4.78, 5) is 11.9. The second kappa shape index (κ2) is 7.20. The molecular weight excluding hydrogens is 356 g/mol. The molecule has 8 nitrogen and oxygen atoms in total. The quantitative estimate of drug-likeness (QED) is 0.320. The first-order valence-electron chi connectivity index (χ1n) is 8.37. The molecule has 0 aliphatic rings. The Bertz CT molecular complexity index is 1170. The van der Waals surface area contributed by atoms with Crippen LogP contribution in [0.2, 0.25) is 0 Å². The summed E-state index contributed by atoms with van der Waals surface area (Å²) in [7, 11) is 0. The third-order valence-corrected chi connectivity index (χ3v) is 4.01. The summed E-state index contributed by atoms with van der Waals surface area (Å²) in [6.07, 6.45) is 5.01. The number of nitrogens with two attached hydrogens (primary N) is 1. The highest BCUT2D eigenvalue weighted by molar-refractivity contribution is 6.03. The van der Waals surface area contributed by atoms with Crippen molar-refractivity contribution >= 4 is 22.8 Å². The number of fused-ring (bicyclic) bond motifs is 1. The van der Waals surface area contributed by atoms with Crippen molar-refractivity contribution in [1.82, 2.24) is 15.0 Å². The Morgan fingerprint density at radius 1 is 1.04 bits per heavy atom. The third-order valence-electron chi connectivity index (χ3n) is 4.01. The molecule has 8 heteroatoms. The van der Waals surface area contributed by atoms with E-state index < -0.39 is 6.02 Å². The summed E-state index contributed by atoms with van der Waals surface area (Å²) in [5.74, 6) is 0.848. The van der Waals surface area contributed by atoms with Crippen LogP contribution in [0.4, 0.5) is 0 Å². The van der Waals surface area contributed by atoms with Gasteiger partial charge in [0.2, 0.25) is 11.8 Å². The maximum atomic E-state index is 7.92. The van der Waals surface area contributed by atoms with Crippen LogP contribution < -0.4 is 10.5 Å². The van der Waals surface area contributed by atoms with Crippen LogP contribution in [0.25, 0.3) is 22.2 Å². The molecule has 0 radical (unpaired) electrons. The van der Waals surface area contributed by atoms with Crippen LogP contribution >= 0.6 is 0 Å². The van der Waals surface area contributed by atoms with Gasteiger partial charge in [0.25, 0.3) is 6.02 Å². The Kier molecular flexibility index (Phi) is 4.43. The molecule has 0 unspecified atom stereocenters. The smallest absolute Gasteiger partial charge is 0.285 e. The fourth-order valence-corrected chi connectivity index (χ4v) is 2.78. The van der Waals surface area contributed by atoms with E-state index in [1.165, 1.54) is 0 Å². The van der Waals surface area contributed by atoms with Crippen LogP contribution in [0.1, 0.15) is 5.56 Å². The van der Waals surface area contributed by atoms with Gasteiger partial charge in [0, 0.05) is 28.2 Å². The number of amidine groups is 1. The zero-order chi connectivity index (χ0) is 19.5. The predicted octanol–water partition coefficient (Wildman–Crippen LogP) is 3.65. The van der Waals surface area contributed by atoms with Crippen molar-refractivity contribution in [3.05, 3.63) is 72.7 Å². The molecular formula is C20H16N6O2. The number of hydrogen-bond acceptors (Lipinski definition) is 6. The molecule has 0 saturated carbocycles. The van der Waals surface area contributed by atoms with E-state index in [-0.39, 0.29) is 5.90 Å². The molecule has 4 rings (SSSR count). The number of para-hydroxylation sites is 1. The minimum absolute atomic E-state index is 0.200. The number of nitrogens with zero attached hydrogens (tertiary/aromatic N) is 2. The van der Waals surface area contributed by atoms with Gasteiger partial charge in [0.1, 0.15) is 5.75 Å². The number of aromatic amines is 1. The predicted molar refractivity (Wildman–Crippen MR) is 106 cm³/mol. The van der Waals surface area contributed by atoms with E-state index in [1.807, 2.05) is 42.6 Å². The molecule has 0 spiro atoms. The highest BCUT2D eigenvalue weighted by atomic mass is 16.5. The van der Waals surface area contributed by atoms with Crippen molar-refractivity contribution in [3.8, 4) is 22.9 Å². The topological polar surface area (TPSA) is 134 Å². The van der Waals surface area contributed by atoms with E-state index >= 15 is 0 Å². The number of benzene rings is 2. The SMILES string of the molecule is N=C(N)OC(=N)c1ccc2[nH]cc(-c3cncc(Oc4ccccc4)n3)c2c1. The zero-order valence-corrected chi connectivity index (χ0v) is 14.6. The molecule has 0 aliphatic carbocycles. The number of ether oxygens (including phenoxy) is 2. The highest BCUT2D eigenvalue weighted by Crippen LogP contribution is 2.29. The van der Waals surface area contributed by atoms with Crippen LogP contribution in [0.5, 0.6) is 11.6 Å². The van der Waals surface area contributed by atoms with Crippen molar-refractivity contribution in [2.24, 2.45) is 5.73 Å². The van der Waals surface area contributed by atoms with E-state index in [1.54, 1.807) is 24.5 Å². The first-order valence-corrected chi connectivity index (χ1v) is 8.37. The summed E-state index contributed by atoms with van der Waals surface area (Å²) in [6, 6.07) is 14.1. The van der Waals surface area contributed by atoms with Gasteiger partial charge in [-0.15, -0.1) is 0 Å². The maximum absolute atomic E-state index is 7.92. The molecule has 0 aliphatic heterocycles. The normalized spacial score (nSPS) is 10.6. The summed E-state index contributed by atoms with van der Waals surface area (Å²) < 4.78 is 10.6. The number of hydrogen-bond donors (Lipinski definition) is 4. The molecule has 138 valence electrons. The molecule has 0 atom stereocenters. The first kappa shape index (κ1) is 17.2. The van der Waals surface area contributed by atoms with Gasteiger partial charge in [-0.2, -0.15) is 0 Å².